The molecule has 0 saturated carbocycles. The first-order chi connectivity index (χ1) is 8.62. The molecule has 1 heteroatoms. The molecule has 0 amide bonds. The maximum absolute atomic E-state index is 6.44. The summed E-state index contributed by atoms with van der Waals surface area (Å²) in [6, 6.07) is 19.1. The van der Waals surface area contributed by atoms with E-state index in [1.807, 2.05) is 18.2 Å². The van der Waals surface area contributed by atoms with Gasteiger partial charge in [0.25, 0.3) is 0 Å². The van der Waals surface area contributed by atoms with Gasteiger partial charge in [-0.3, -0.25) is 0 Å². The van der Waals surface area contributed by atoms with Crippen molar-refractivity contribution in [2.24, 2.45) is 5.73 Å². The van der Waals surface area contributed by atoms with Crippen LogP contribution in [0.2, 0.25) is 0 Å². The quantitative estimate of drug-likeness (QED) is 0.865. The van der Waals surface area contributed by atoms with Gasteiger partial charge in [-0.15, -0.1) is 0 Å². The normalized spacial score (nSPS) is 14.2. The minimum Gasteiger partial charge on any atom is -0.321 e. The largest absolute Gasteiger partial charge is 0.321 e. The summed E-state index contributed by atoms with van der Waals surface area (Å²) in [5.74, 6) is 0. The second-order valence-electron chi connectivity index (χ2n) is 5.13. The number of rotatable bonds is 4. The monoisotopic (exact) mass is 239 g/mol. The Kier molecular flexibility index (Phi) is 3.83. The van der Waals surface area contributed by atoms with E-state index in [1.54, 1.807) is 0 Å². The molecular weight excluding hydrogens is 218 g/mol. The molecule has 1 atom stereocenters. The molecule has 0 radical (unpaired) electrons. The Balaban J connectivity index is 2.16. The summed E-state index contributed by atoms with van der Waals surface area (Å²) in [6.07, 6.45) is 1.94. The van der Waals surface area contributed by atoms with Crippen LogP contribution in [0.25, 0.3) is 0 Å². The van der Waals surface area contributed by atoms with E-state index in [9.17, 15) is 0 Å². The molecule has 1 nitrogen and oxygen atoms in total. The topological polar surface area (TPSA) is 26.0 Å². The van der Waals surface area contributed by atoms with Gasteiger partial charge in [0.15, 0.2) is 0 Å². The summed E-state index contributed by atoms with van der Waals surface area (Å²) in [4.78, 5) is 0. The van der Waals surface area contributed by atoms with Gasteiger partial charge in [-0.1, -0.05) is 61.5 Å². The summed E-state index contributed by atoms with van der Waals surface area (Å²) in [5.41, 5.74) is 9.98. The zero-order valence-corrected chi connectivity index (χ0v) is 11.2. The second kappa shape index (κ2) is 5.36. The number of nitrogens with two attached hydrogens (primary N) is 1. The molecule has 1 unspecified atom stereocenters. The second-order valence-corrected chi connectivity index (χ2v) is 5.13. The first-order valence-electron chi connectivity index (χ1n) is 6.54. The van der Waals surface area contributed by atoms with Gasteiger partial charge >= 0.3 is 0 Å². The molecule has 2 rings (SSSR count). The van der Waals surface area contributed by atoms with E-state index >= 15 is 0 Å². The van der Waals surface area contributed by atoms with E-state index in [2.05, 4.69) is 50.2 Å². The van der Waals surface area contributed by atoms with Crippen molar-refractivity contribution in [3.63, 3.8) is 0 Å². The molecule has 94 valence electrons. The fourth-order valence-corrected chi connectivity index (χ4v) is 2.24. The molecule has 0 aliphatic carbocycles. The Morgan fingerprint density at radius 2 is 1.44 bits per heavy atom. The van der Waals surface area contributed by atoms with E-state index in [-0.39, 0.29) is 5.54 Å². The summed E-state index contributed by atoms with van der Waals surface area (Å²) >= 11 is 0. The molecule has 18 heavy (non-hydrogen) atoms. The lowest BCUT2D eigenvalue weighted by molar-refractivity contribution is 0.491. The number of hydrogen-bond donors (Lipinski definition) is 1. The minimum atomic E-state index is -0.311. The van der Waals surface area contributed by atoms with E-state index < -0.39 is 0 Å². The van der Waals surface area contributed by atoms with Gasteiger partial charge in [0.1, 0.15) is 0 Å². The Morgan fingerprint density at radius 3 is 2.00 bits per heavy atom. The summed E-state index contributed by atoms with van der Waals surface area (Å²) in [5, 5.41) is 0. The predicted molar refractivity (Wildman–Crippen MR) is 77.5 cm³/mol. The van der Waals surface area contributed by atoms with Crippen LogP contribution in [-0.4, -0.2) is 0 Å². The maximum atomic E-state index is 6.44. The fourth-order valence-electron chi connectivity index (χ4n) is 2.24. The molecule has 0 spiro atoms. The average molecular weight is 239 g/mol. The Labute approximate surface area is 110 Å². The minimum absolute atomic E-state index is 0.311. The van der Waals surface area contributed by atoms with E-state index in [4.69, 9.17) is 5.73 Å². The molecule has 0 saturated heterocycles. The first kappa shape index (κ1) is 12.8. The SMILES string of the molecule is CCc1ccc(CC(C)(N)c2ccccc2)cc1. The lowest BCUT2D eigenvalue weighted by Gasteiger charge is -2.25. The number of hydrogen-bond acceptors (Lipinski definition) is 1. The van der Waals surface area contributed by atoms with Crippen molar-refractivity contribution in [1.82, 2.24) is 0 Å². The van der Waals surface area contributed by atoms with Crippen LogP contribution in [-0.2, 0) is 18.4 Å². The zero-order chi connectivity index (χ0) is 13.0. The molecule has 0 aliphatic heterocycles. The van der Waals surface area contributed by atoms with Gasteiger partial charge in [0.05, 0.1) is 0 Å². The third-order valence-electron chi connectivity index (χ3n) is 3.44. The highest BCUT2D eigenvalue weighted by Crippen LogP contribution is 2.22. The lowest BCUT2D eigenvalue weighted by Crippen LogP contribution is -2.35. The first-order valence-corrected chi connectivity index (χ1v) is 6.54. The Morgan fingerprint density at radius 1 is 0.889 bits per heavy atom. The molecule has 2 N–H and O–H groups in total. The lowest BCUT2D eigenvalue weighted by atomic mass is 9.86. The van der Waals surface area contributed by atoms with E-state index in [0.29, 0.717) is 0 Å². The van der Waals surface area contributed by atoms with Crippen molar-refractivity contribution in [2.75, 3.05) is 0 Å². The maximum Gasteiger partial charge on any atom is 0.0421 e. The summed E-state index contributed by atoms with van der Waals surface area (Å²) < 4.78 is 0. The average Bonchev–Trinajstić information content (AvgIpc) is 2.40. The standard InChI is InChI=1S/C17H21N/c1-3-14-9-11-15(12-10-14)13-17(2,18)16-7-5-4-6-8-16/h4-12H,3,13,18H2,1-2H3. The molecule has 0 heterocycles. The van der Waals surface area contributed by atoms with E-state index in [0.717, 1.165) is 12.8 Å². The van der Waals surface area contributed by atoms with Gasteiger partial charge in [-0.2, -0.15) is 0 Å². The van der Waals surface area contributed by atoms with Gasteiger partial charge in [0.2, 0.25) is 0 Å². The van der Waals surface area contributed by atoms with Crippen LogP contribution in [0.3, 0.4) is 0 Å². The third kappa shape index (κ3) is 2.99. The van der Waals surface area contributed by atoms with Crippen LogP contribution < -0.4 is 5.73 Å². The van der Waals surface area contributed by atoms with Crippen LogP contribution in [0, 0.1) is 0 Å². The van der Waals surface area contributed by atoms with E-state index in [1.165, 1.54) is 16.7 Å². The highest BCUT2D eigenvalue weighted by atomic mass is 14.7. The summed E-state index contributed by atoms with van der Waals surface area (Å²) in [7, 11) is 0. The zero-order valence-electron chi connectivity index (χ0n) is 11.2. The van der Waals surface area contributed by atoms with Crippen LogP contribution >= 0.6 is 0 Å². The van der Waals surface area contributed by atoms with Gasteiger partial charge in [-0.05, 0) is 36.5 Å². The Hall–Kier alpha value is -1.60. The number of aryl methyl sites for hydroxylation is 1. The van der Waals surface area contributed by atoms with Crippen LogP contribution in [0.15, 0.2) is 54.6 Å². The van der Waals surface area contributed by atoms with Crippen molar-refractivity contribution >= 4 is 0 Å². The van der Waals surface area contributed by atoms with Crippen LogP contribution in [0.5, 0.6) is 0 Å². The fraction of sp³-hybridized carbons (Fsp3) is 0.294. The van der Waals surface area contributed by atoms with Crippen LogP contribution in [0.4, 0.5) is 0 Å². The third-order valence-corrected chi connectivity index (χ3v) is 3.44. The smallest absolute Gasteiger partial charge is 0.0421 e. The van der Waals surface area contributed by atoms with Gasteiger partial charge in [-0.25, -0.2) is 0 Å². The van der Waals surface area contributed by atoms with Crippen molar-refractivity contribution < 1.29 is 0 Å². The molecule has 2 aromatic rings. The molecule has 0 fully saturated rings. The highest BCUT2D eigenvalue weighted by molar-refractivity contribution is 5.29. The van der Waals surface area contributed by atoms with Gasteiger partial charge < -0.3 is 5.73 Å². The van der Waals surface area contributed by atoms with Crippen molar-refractivity contribution in [3.05, 3.63) is 71.3 Å². The molecular formula is C17H21N. The molecule has 0 bridgehead atoms. The molecule has 2 aromatic carbocycles. The summed E-state index contributed by atoms with van der Waals surface area (Å²) in [6.45, 7) is 4.27. The predicted octanol–water partition coefficient (Wildman–Crippen LogP) is 3.67. The molecule has 0 aromatic heterocycles. The number of benzene rings is 2. The van der Waals surface area contributed by atoms with Crippen molar-refractivity contribution in [3.8, 4) is 0 Å². The van der Waals surface area contributed by atoms with Crippen molar-refractivity contribution in [1.29, 1.82) is 0 Å². The highest BCUT2D eigenvalue weighted by Gasteiger charge is 2.21. The van der Waals surface area contributed by atoms with Crippen molar-refractivity contribution in [2.45, 2.75) is 32.2 Å². The Bertz CT molecular complexity index is 483. The van der Waals surface area contributed by atoms with Gasteiger partial charge in [0, 0.05) is 5.54 Å². The molecule has 0 aliphatic rings. The van der Waals surface area contributed by atoms with Crippen LogP contribution in [0.1, 0.15) is 30.5 Å².